The van der Waals surface area contributed by atoms with Crippen molar-refractivity contribution in [3.63, 3.8) is 0 Å². The van der Waals surface area contributed by atoms with Gasteiger partial charge in [0.25, 0.3) is 0 Å². The summed E-state index contributed by atoms with van der Waals surface area (Å²) in [6.07, 6.45) is 4.12. The quantitative estimate of drug-likeness (QED) is 0.830. The molecular formula is C15H21NO2S. The molecule has 1 aliphatic rings. The second kappa shape index (κ2) is 7.06. The first-order valence-electron chi connectivity index (χ1n) is 6.76. The van der Waals surface area contributed by atoms with Crippen LogP contribution in [-0.2, 0) is 6.54 Å². The van der Waals surface area contributed by atoms with E-state index < -0.39 is 0 Å². The molecule has 1 aliphatic carbocycles. The monoisotopic (exact) mass is 279 g/mol. The van der Waals surface area contributed by atoms with Crippen molar-refractivity contribution < 1.29 is 10.2 Å². The van der Waals surface area contributed by atoms with Crippen LogP contribution in [0.2, 0.25) is 0 Å². The fraction of sp³-hybridized carbons (Fsp3) is 0.600. The van der Waals surface area contributed by atoms with Gasteiger partial charge < -0.3 is 10.2 Å². The highest BCUT2D eigenvalue weighted by atomic mass is 32.1. The number of nitrogens with zero attached hydrogens (tertiary/aromatic N) is 1. The van der Waals surface area contributed by atoms with Crippen LogP contribution in [0.15, 0.2) is 11.4 Å². The Labute approximate surface area is 118 Å². The molecule has 1 aromatic heterocycles. The van der Waals surface area contributed by atoms with Gasteiger partial charge in [-0.1, -0.05) is 24.7 Å². The molecule has 3 nitrogen and oxygen atoms in total. The van der Waals surface area contributed by atoms with Crippen LogP contribution < -0.4 is 0 Å². The van der Waals surface area contributed by atoms with Crippen molar-refractivity contribution in [2.45, 2.75) is 44.4 Å². The van der Waals surface area contributed by atoms with Crippen molar-refractivity contribution in [1.29, 1.82) is 0 Å². The van der Waals surface area contributed by atoms with Crippen LogP contribution >= 0.6 is 11.3 Å². The lowest BCUT2D eigenvalue weighted by molar-refractivity contribution is 0.0292. The zero-order valence-electron chi connectivity index (χ0n) is 11.3. The minimum absolute atomic E-state index is 0.105. The van der Waals surface area contributed by atoms with E-state index in [0.29, 0.717) is 0 Å². The van der Waals surface area contributed by atoms with Gasteiger partial charge in [-0.2, -0.15) is 0 Å². The van der Waals surface area contributed by atoms with E-state index in [0.717, 1.165) is 31.4 Å². The van der Waals surface area contributed by atoms with E-state index in [1.165, 1.54) is 11.3 Å². The number of thiophene rings is 1. The van der Waals surface area contributed by atoms with Crippen LogP contribution in [-0.4, -0.2) is 40.9 Å². The summed E-state index contributed by atoms with van der Waals surface area (Å²) in [5.41, 5.74) is 0.996. The molecule has 0 bridgehead atoms. The number of aliphatic hydroxyl groups is 2. The van der Waals surface area contributed by atoms with Crippen LogP contribution in [0.5, 0.6) is 0 Å². The van der Waals surface area contributed by atoms with Crippen molar-refractivity contribution >= 4 is 11.3 Å². The van der Waals surface area contributed by atoms with Crippen LogP contribution in [0.4, 0.5) is 0 Å². The summed E-state index contributed by atoms with van der Waals surface area (Å²) >= 11 is 1.69. The van der Waals surface area contributed by atoms with Gasteiger partial charge in [-0.05, 0) is 31.3 Å². The molecule has 19 heavy (non-hydrogen) atoms. The molecule has 4 heteroatoms. The van der Waals surface area contributed by atoms with Gasteiger partial charge in [0.05, 0.1) is 6.10 Å². The zero-order chi connectivity index (χ0) is 13.7. The molecule has 0 aromatic carbocycles. The summed E-state index contributed by atoms with van der Waals surface area (Å²) in [5, 5.41) is 20.9. The molecule has 1 heterocycles. The van der Waals surface area contributed by atoms with Gasteiger partial charge in [-0.3, -0.25) is 4.90 Å². The highest BCUT2D eigenvalue weighted by Gasteiger charge is 2.26. The molecule has 1 saturated carbocycles. The molecular weight excluding hydrogens is 258 g/mol. The Kier molecular flexibility index (Phi) is 5.41. The van der Waals surface area contributed by atoms with E-state index in [1.54, 1.807) is 11.3 Å². The normalized spacial score (nSPS) is 23.2. The first-order valence-corrected chi connectivity index (χ1v) is 7.64. The van der Waals surface area contributed by atoms with Crippen molar-refractivity contribution in [2.75, 3.05) is 13.7 Å². The summed E-state index contributed by atoms with van der Waals surface area (Å²) in [6.45, 7) is 0.710. The average Bonchev–Trinajstić information content (AvgIpc) is 2.84. The molecule has 0 amide bonds. The molecule has 104 valence electrons. The summed E-state index contributed by atoms with van der Waals surface area (Å²) in [7, 11) is 2.07. The molecule has 0 aliphatic heterocycles. The molecule has 0 radical (unpaired) electrons. The van der Waals surface area contributed by atoms with Crippen molar-refractivity contribution in [2.24, 2.45) is 0 Å². The van der Waals surface area contributed by atoms with Gasteiger partial charge >= 0.3 is 0 Å². The molecule has 1 aromatic rings. The van der Waals surface area contributed by atoms with E-state index >= 15 is 0 Å². The lowest BCUT2D eigenvalue weighted by atomic mass is 9.91. The van der Waals surface area contributed by atoms with E-state index in [9.17, 15) is 5.11 Å². The molecule has 0 spiro atoms. The standard InChI is InChI=1S/C15H21NO2S/c1-16(13-6-2-3-7-14(13)18)11-15-12(5-4-9-17)8-10-19-15/h8,10,13-14,17-18H,2-3,6-7,9,11H2,1H3. The Bertz CT molecular complexity index is 460. The molecule has 0 saturated heterocycles. The number of hydrogen-bond acceptors (Lipinski definition) is 4. The van der Waals surface area contributed by atoms with Gasteiger partial charge in [0.1, 0.15) is 6.61 Å². The molecule has 2 unspecified atom stereocenters. The van der Waals surface area contributed by atoms with Gasteiger partial charge in [-0.25, -0.2) is 0 Å². The second-order valence-corrected chi connectivity index (χ2v) is 6.05. The Morgan fingerprint density at radius 1 is 1.42 bits per heavy atom. The number of rotatable bonds is 3. The lowest BCUT2D eigenvalue weighted by Crippen LogP contribution is -2.42. The zero-order valence-corrected chi connectivity index (χ0v) is 12.1. The highest BCUT2D eigenvalue weighted by molar-refractivity contribution is 7.10. The predicted octanol–water partition coefficient (Wildman–Crippen LogP) is 1.83. The van der Waals surface area contributed by atoms with E-state index in [-0.39, 0.29) is 18.8 Å². The van der Waals surface area contributed by atoms with E-state index in [4.69, 9.17) is 5.11 Å². The summed E-state index contributed by atoms with van der Waals surface area (Å²) in [6, 6.07) is 2.25. The first kappa shape index (κ1) is 14.5. The van der Waals surface area contributed by atoms with Gasteiger partial charge in [0, 0.05) is 23.0 Å². The Morgan fingerprint density at radius 2 is 2.21 bits per heavy atom. The predicted molar refractivity (Wildman–Crippen MR) is 78.0 cm³/mol. The smallest absolute Gasteiger partial charge is 0.104 e. The first-order chi connectivity index (χ1) is 9.22. The summed E-state index contributed by atoms with van der Waals surface area (Å²) in [5.74, 6) is 5.68. The number of likely N-dealkylation sites (N-methyl/N-ethyl adjacent to an activating group) is 1. The average molecular weight is 279 g/mol. The third kappa shape index (κ3) is 3.80. The maximum atomic E-state index is 10.1. The fourth-order valence-corrected chi connectivity index (χ4v) is 3.55. The third-order valence-corrected chi connectivity index (χ3v) is 4.61. The summed E-state index contributed by atoms with van der Waals surface area (Å²) < 4.78 is 0. The van der Waals surface area contributed by atoms with Crippen molar-refractivity contribution in [3.8, 4) is 11.8 Å². The largest absolute Gasteiger partial charge is 0.391 e. The van der Waals surface area contributed by atoms with Crippen LogP contribution in [0, 0.1) is 11.8 Å². The van der Waals surface area contributed by atoms with Crippen LogP contribution in [0.1, 0.15) is 36.1 Å². The van der Waals surface area contributed by atoms with Crippen molar-refractivity contribution in [1.82, 2.24) is 4.90 Å². The molecule has 2 rings (SSSR count). The highest BCUT2D eigenvalue weighted by Crippen LogP contribution is 2.25. The third-order valence-electron chi connectivity index (χ3n) is 3.70. The Hall–Kier alpha value is -0.860. The van der Waals surface area contributed by atoms with Gasteiger partial charge in [0.2, 0.25) is 0 Å². The van der Waals surface area contributed by atoms with Crippen molar-refractivity contribution in [3.05, 3.63) is 21.9 Å². The van der Waals surface area contributed by atoms with E-state index in [1.807, 2.05) is 11.4 Å². The topological polar surface area (TPSA) is 43.7 Å². The number of aliphatic hydroxyl groups excluding tert-OH is 2. The fourth-order valence-electron chi connectivity index (χ4n) is 2.66. The molecule has 2 N–H and O–H groups in total. The molecule has 2 atom stereocenters. The van der Waals surface area contributed by atoms with Gasteiger partial charge in [-0.15, -0.1) is 11.3 Å². The second-order valence-electron chi connectivity index (χ2n) is 5.05. The lowest BCUT2D eigenvalue weighted by Gasteiger charge is -2.35. The van der Waals surface area contributed by atoms with Crippen LogP contribution in [0.25, 0.3) is 0 Å². The van der Waals surface area contributed by atoms with E-state index in [2.05, 4.69) is 23.8 Å². The van der Waals surface area contributed by atoms with Crippen LogP contribution in [0.3, 0.4) is 0 Å². The Balaban J connectivity index is 2.02. The minimum Gasteiger partial charge on any atom is -0.391 e. The Morgan fingerprint density at radius 3 is 2.95 bits per heavy atom. The summed E-state index contributed by atoms with van der Waals surface area (Å²) in [4.78, 5) is 3.45. The maximum absolute atomic E-state index is 10.1. The maximum Gasteiger partial charge on any atom is 0.104 e. The SMILES string of the molecule is CN(Cc1sccc1C#CCO)C1CCCCC1O. The van der Waals surface area contributed by atoms with Gasteiger partial charge in [0.15, 0.2) is 0 Å². The number of hydrogen-bond donors (Lipinski definition) is 2. The molecule has 1 fully saturated rings. The minimum atomic E-state index is -0.203.